The van der Waals surface area contributed by atoms with E-state index in [2.05, 4.69) is 27.6 Å². The van der Waals surface area contributed by atoms with Crippen LogP contribution in [0.5, 0.6) is 0 Å². The summed E-state index contributed by atoms with van der Waals surface area (Å²) in [5.74, 6) is -1.26. The first kappa shape index (κ1) is 11.6. The average Bonchev–Trinajstić information content (AvgIpc) is 2.10. The SMILES string of the molecule is CCCCCOC(=O)C(=O)CBr. The van der Waals surface area contributed by atoms with Crippen LogP contribution in [0.1, 0.15) is 26.2 Å². The summed E-state index contributed by atoms with van der Waals surface area (Å²) in [6.45, 7) is 2.41. The van der Waals surface area contributed by atoms with Gasteiger partial charge in [-0.1, -0.05) is 35.7 Å². The lowest BCUT2D eigenvalue weighted by Crippen LogP contribution is -2.18. The summed E-state index contributed by atoms with van der Waals surface area (Å²) < 4.78 is 4.68. The maximum atomic E-state index is 10.7. The van der Waals surface area contributed by atoms with E-state index in [1.54, 1.807) is 0 Å². The van der Waals surface area contributed by atoms with Crippen molar-refractivity contribution in [1.29, 1.82) is 0 Å². The molecule has 4 heteroatoms. The van der Waals surface area contributed by atoms with Crippen molar-refractivity contribution in [3.8, 4) is 0 Å². The van der Waals surface area contributed by atoms with Crippen LogP contribution >= 0.6 is 15.9 Å². The molecule has 0 rings (SSSR count). The van der Waals surface area contributed by atoms with E-state index in [9.17, 15) is 9.59 Å². The lowest BCUT2D eigenvalue weighted by molar-refractivity contribution is -0.152. The Kier molecular flexibility index (Phi) is 7.05. The fraction of sp³-hybridized carbons (Fsp3) is 0.750. The van der Waals surface area contributed by atoms with Gasteiger partial charge in [-0.2, -0.15) is 0 Å². The second-order valence-corrected chi connectivity index (χ2v) is 2.96. The maximum absolute atomic E-state index is 10.7. The smallest absolute Gasteiger partial charge is 0.375 e. The number of esters is 1. The molecular formula is C8H13BrO3. The quantitative estimate of drug-likeness (QED) is 0.305. The fourth-order valence-corrected chi connectivity index (χ4v) is 0.881. The summed E-state index contributed by atoms with van der Waals surface area (Å²) in [5, 5.41) is 0.0413. The van der Waals surface area contributed by atoms with Crippen molar-refractivity contribution < 1.29 is 14.3 Å². The topological polar surface area (TPSA) is 43.4 Å². The molecule has 70 valence electrons. The highest BCUT2D eigenvalue weighted by molar-refractivity contribution is 9.09. The van der Waals surface area contributed by atoms with Crippen LogP contribution in [-0.2, 0) is 14.3 Å². The van der Waals surface area contributed by atoms with Crippen molar-refractivity contribution in [2.24, 2.45) is 0 Å². The van der Waals surface area contributed by atoms with E-state index in [0.29, 0.717) is 6.61 Å². The second kappa shape index (κ2) is 7.28. The molecule has 0 heterocycles. The van der Waals surface area contributed by atoms with Crippen molar-refractivity contribution in [1.82, 2.24) is 0 Å². The molecule has 0 saturated heterocycles. The lowest BCUT2D eigenvalue weighted by Gasteiger charge is -2.00. The average molecular weight is 237 g/mol. The summed E-state index contributed by atoms with van der Waals surface area (Å²) in [4.78, 5) is 21.4. The Hall–Kier alpha value is -0.380. The molecule has 3 nitrogen and oxygen atoms in total. The lowest BCUT2D eigenvalue weighted by atomic mass is 10.3. The minimum Gasteiger partial charge on any atom is -0.460 e. The number of unbranched alkanes of at least 4 members (excludes halogenated alkanes) is 2. The first-order valence-electron chi connectivity index (χ1n) is 3.98. The molecule has 0 bridgehead atoms. The molecule has 0 aliphatic rings. The van der Waals surface area contributed by atoms with Crippen LogP contribution in [-0.4, -0.2) is 23.7 Å². The summed E-state index contributed by atoms with van der Waals surface area (Å²) in [5.41, 5.74) is 0. The van der Waals surface area contributed by atoms with Gasteiger partial charge in [0.2, 0.25) is 5.78 Å². The van der Waals surface area contributed by atoms with Gasteiger partial charge in [0, 0.05) is 0 Å². The molecule has 0 aromatic rings. The molecule has 0 aliphatic carbocycles. The number of rotatable bonds is 6. The highest BCUT2D eigenvalue weighted by Crippen LogP contribution is 1.95. The van der Waals surface area contributed by atoms with Crippen LogP contribution in [0, 0.1) is 0 Å². The summed E-state index contributed by atoms with van der Waals surface area (Å²) in [6.07, 6.45) is 2.93. The molecule has 0 spiro atoms. The number of halogens is 1. The van der Waals surface area contributed by atoms with Crippen LogP contribution < -0.4 is 0 Å². The molecule has 0 fully saturated rings. The monoisotopic (exact) mass is 236 g/mol. The highest BCUT2D eigenvalue weighted by Gasteiger charge is 2.12. The minimum absolute atomic E-state index is 0.0413. The number of carbonyl (C=O) groups is 2. The predicted molar refractivity (Wildman–Crippen MR) is 49.3 cm³/mol. The van der Waals surface area contributed by atoms with Crippen LogP contribution in [0.4, 0.5) is 0 Å². The standard InChI is InChI=1S/C8H13BrO3/c1-2-3-4-5-12-8(11)7(10)6-9/h2-6H2,1H3. The fourth-order valence-electron chi connectivity index (χ4n) is 0.652. The number of ether oxygens (including phenoxy) is 1. The molecule has 0 saturated carbocycles. The molecule has 0 amide bonds. The molecule has 0 aromatic heterocycles. The Morgan fingerprint density at radius 2 is 2.00 bits per heavy atom. The van der Waals surface area contributed by atoms with E-state index < -0.39 is 11.8 Å². The van der Waals surface area contributed by atoms with Gasteiger partial charge < -0.3 is 4.74 Å². The molecular weight excluding hydrogens is 224 g/mol. The van der Waals surface area contributed by atoms with E-state index in [0.717, 1.165) is 19.3 Å². The molecule has 0 aliphatic heterocycles. The van der Waals surface area contributed by atoms with E-state index in [4.69, 9.17) is 0 Å². The van der Waals surface area contributed by atoms with Crippen molar-refractivity contribution in [2.75, 3.05) is 11.9 Å². The van der Waals surface area contributed by atoms with E-state index in [1.807, 2.05) is 0 Å². The third-order valence-corrected chi connectivity index (χ3v) is 1.84. The first-order valence-corrected chi connectivity index (χ1v) is 5.10. The highest BCUT2D eigenvalue weighted by atomic mass is 79.9. The van der Waals surface area contributed by atoms with Gasteiger partial charge in [0.15, 0.2) is 0 Å². The number of carbonyl (C=O) groups excluding carboxylic acids is 2. The third kappa shape index (κ3) is 5.29. The van der Waals surface area contributed by atoms with Crippen molar-refractivity contribution in [3.05, 3.63) is 0 Å². The maximum Gasteiger partial charge on any atom is 0.375 e. The van der Waals surface area contributed by atoms with Gasteiger partial charge in [-0.3, -0.25) is 4.79 Å². The Labute approximate surface area is 80.6 Å². The van der Waals surface area contributed by atoms with Gasteiger partial charge >= 0.3 is 5.97 Å². The summed E-state index contributed by atoms with van der Waals surface area (Å²) in [7, 11) is 0. The second-order valence-electron chi connectivity index (χ2n) is 2.40. The van der Waals surface area contributed by atoms with Gasteiger partial charge in [0.1, 0.15) is 0 Å². The Morgan fingerprint density at radius 3 is 2.50 bits per heavy atom. The van der Waals surface area contributed by atoms with Gasteiger partial charge in [0.05, 0.1) is 11.9 Å². The number of ketones is 1. The van der Waals surface area contributed by atoms with Gasteiger partial charge in [-0.05, 0) is 6.42 Å². The normalized spacial score (nSPS) is 9.50. The van der Waals surface area contributed by atoms with Gasteiger partial charge in [0.25, 0.3) is 0 Å². The van der Waals surface area contributed by atoms with Crippen LogP contribution in [0.2, 0.25) is 0 Å². The van der Waals surface area contributed by atoms with Gasteiger partial charge in [-0.15, -0.1) is 0 Å². The van der Waals surface area contributed by atoms with E-state index >= 15 is 0 Å². The molecule has 0 unspecified atom stereocenters. The predicted octanol–water partition coefficient (Wildman–Crippen LogP) is 1.68. The van der Waals surface area contributed by atoms with E-state index in [-0.39, 0.29) is 5.33 Å². The third-order valence-electron chi connectivity index (χ3n) is 1.33. The van der Waals surface area contributed by atoms with Crippen LogP contribution in [0.25, 0.3) is 0 Å². The number of hydrogen-bond acceptors (Lipinski definition) is 3. The number of alkyl halides is 1. The zero-order valence-corrected chi connectivity index (χ0v) is 8.72. The summed E-state index contributed by atoms with van der Waals surface area (Å²) >= 11 is 2.89. The molecule has 0 aromatic carbocycles. The van der Waals surface area contributed by atoms with Crippen molar-refractivity contribution >= 4 is 27.7 Å². The van der Waals surface area contributed by atoms with Crippen molar-refractivity contribution in [3.63, 3.8) is 0 Å². The zero-order valence-electron chi connectivity index (χ0n) is 7.14. The van der Waals surface area contributed by atoms with Crippen LogP contribution in [0.3, 0.4) is 0 Å². The molecule has 0 radical (unpaired) electrons. The van der Waals surface area contributed by atoms with Crippen molar-refractivity contribution in [2.45, 2.75) is 26.2 Å². The largest absolute Gasteiger partial charge is 0.460 e. The number of Topliss-reactive ketones (excluding diaryl/α,β-unsaturated/α-hetero) is 1. The first-order chi connectivity index (χ1) is 5.72. The molecule has 0 atom stereocenters. The number of hydrogen-bond donors (Lipinski definition) is 0. The van der Waals surface area contributed by atoms with Crippen LogP contribution in [0.15, 0.2) is 0 Å². The Bertz CT molecular complexity index is 156. The minimum atomic E-state index is -0.733. The van der Waals surface area contributed by atoms with E-state index in [1.165, 1.54) is 0 Å². The Morgan fingerprint density at radius 1 is 1.33 bits per heavy atom. The zero-order chi connectivity index (χ0) is 9.40. The van der Waals surface area contributed by atoms with Gasteiger partial charge in [-0.25, -0.2) is 4.79 Å². The summed E-state index contributed by atoms with van der Waals surface area (Å²) in [6, 6.07) is 0. The molecule has 12 heavy (non-hydrogen) atoms. The Balaban J connectivity index is 3.38. The molecule has 0 N–H and O–H groups in total.